The van der Waals surface area contributed by atoms with Gasteiger partial charge in [0.1, 0.15) is 12.4 Å². The molecule has 1 heterocycles. The Bertz CT molecular complexity index is 527. The second kappa shape index (κ2) is 5.89. The smallest absolute Gasteiger partial charge is 0.183 e. The van der Waals surface area contributed by atoms with E-state index in [1.807, 2.05) is 13.1 Å². The molecule has 0 saturated carbocycles. The van der Waals surface area contributed by atoms with Crippen LogP contribution in [0.2, 0.25) is 5.02 Å². The molecule has 0 aliphatic rings. The first-order valence-electron chi connectivity index (χ1n) is 5.49. The van der Waals surface area contributed by atoms with E-state index in [2.05, 4.69) is 5.32 Å². The molecule has 3 nitrogen and oxygen atoms in total. The molecule has 2 rings (SSSR count). The number of halogens is 2. The Balaban J connectivity index is 2.07. The summed E-state index contributed by atoms with van der Waals surface area (Å²) in [4.78, 5) is 0. The second-order valence-electron chi connectivity index (χ2n) is 3.74. The van der Waals surface area contributed by atoms with Crippen molar-refractivity contribution in [3.05, 3.63) is 52.7 Å². The van der Waals surface area contributed by atoms with Crippen LogP contribution in [0, 0.1) is 5.82 Å². The fourth-order valence-corrected chi connectivity index (χ4v) is 1.75. The maximum absolute atomic E-state index is 13.6. The van der Waals surface area contributed by atoms with Crippen LogP contribution in [0.1, 0.15) is 11.3 Å². The largest absolute Gasteiger partial charge is 0.483 e. The summed E-state index contributed by atoms with van der Waals surface area (Å²) in [6.07, 6.45) is 1.58. The van der Waals surface area contributed by atoms with E-state index < -0.39 is 5.82 Å². The fraction of sp³-hybridized carbons (Fsp3) is 0.231. The van der Waals surface area contributed by atoms with Crippen molar-refractivity contribution in [1.82, 2.24) is 5.32 Å². The Labute approximate surface area is 110 Å². The first-order valence-corrected chi connectivity index (χ1v) is 5.87. The van der Waals surface area contributed by atoms with Crippen molar-refractivity contribution < 1.29 is 13.5 Å². The molecule has 0 fully saturated rings. The molecule has 2 aromatic rings. The number of hydrogen-bond acceptors (Lipinski definition) is 3. The van der Waals surface area contributed by atoms with Gasteiger partial charge >= 0.3 is 0 Å². The van der Waals surface area contributed by atoms with Gasteiger partial charge in [-0.15, -0.1) is 0 Å². The van der Waals surface area contributed by atoms with Crippen molar-refractivity contribution in [1.29, 1.82) is 0 Å². The van der Waals surface area contributed by atoms with Crippen molar-refractivity contribution in [2.45, 2.75) is 13.2 Å². The molecule has 0 saturated heterocycles. The summed E-state index contributed by atoms with van der Waals surface area (Å²) in [6.45, 7) is 0.842. The maximum Gasteiger partial charge on any atom is 0.183 e. The lowest BCUT2D eigenvalue weighted by molar-refractivity contribution is 0.257. The van der Waals surface area contributed by atoms with Crippen molar-refractivity contribution in [2.75, 3.05) is 7.05 Å². The van der Waals surface area contributed by atoms with Gasteiger partial charge in [0.05, 0.1) is 11.3 Å². The third-order valence-electron chi connectivity index (χ3n) is 2.48. The van der Waals surface area contributed by atoms with E-state index in [1.54, 1.807) is 12.3 Å². The maximum atomic E-state index is 13.6. The van der Waals surface area contributed by atoms with Gasteiger partial charge in [0.2, 0.25) is 0 Å². The van der Waals surface area contributed by atoms with Gasteiger partial charge in [0.15, 0.2) is 11.6 Å². The minimum Gasteiger partial charge on any atom is -0.483 e. The number of benzene rings is 1. The zero-order valence-electron chi connectivity index (χ0n) is 9.87. The van der Waals surface area contributed by atoms with Crippen LogP contribution >= 0.6 is 11.6 Å². The number of hydrogen-bond donors (Lipinski definition) is 1. The third kappa shape index (κ3) is 2.83. The summed E-state index contributed by atoms with van der Waals surface area (Å²) in [5, 5.41) is 3.06. The first-order chi connectivity index (χ1) is 8.72. The SMILES string of the molecule is CNCc1ccoc1COc1cccc(Cl)c1F. The summed E-state index contributed by atoms with van der Waals surface area (Å²) < 4.78 is 24.2. The van der Waals surface area contributed by atoms with Crippen LogP contribution in [0.3, 0.4) is 0 Å². The van der Waals surface area contributed by atoms with Gasteiger partial charge in [-0.2, -0.15) is 0 Å². The molecule has 96 valence electrons. The molecule has 1 N–H and O–H groups in total. The Kier molecular flexibility index (Phi) is 4.23. The number of ether oxygens (including phenoxy) is 1. The summed E-state index contributed by atoms with van der Waals surface area (Å²) in [7, 11) is 1.84. The lowest BCUT2D eigenvalue weighted by Gasteiger charge is -2.07. The summed E-state index contributed by atoms with van der Waals surface area (Å²) in [5.74, 6) is 0.235. The Morgan fingerprint density at radius 2 is 2.22 bits per heavy atom. The van der Waals surface area contributed by atoms with E-state index in [0.29, 0.717) is 12.3 Å². The number of furan rings is 1. The minimum atomic E-state index is -0.555. The molecule has 0 spiro atoms. The van der Waals surface area contributed by atoms with Crippen molar-refractivity contribution in [2.24, 2.45) is 0 Å². The molecule has 0 unspecified atom stereocenters. The Hall–Kier alpha value is -1.52. The highest BCUT2D eigenvalue weighted by molar-refractivity contribution is 6.30. The lowest BCUT2D eigenvalue weighted by atomic mass is 10.2. The van der Waals surface area contributed by atoms with Gasteiger partial charge in [0, 0.05) is 12.1 Å². The van der Waals surface area contributed by atoms with Gasteiger partial charge in [0.25, 0.3) is 0 Å². The standard InChI is InChI=1S/C13H13ClFNO2/c1-16-7-9-5-6-17-12(9)8-18-11-4-2-3-10(14)13(11)15/h2-6,16H,7-8H2,1H3. The van der Waals surface area contributed by atoms with Crippen LogP contribution in [0.4, 0.5) is 4.39 Å². The Morgan fingerprint density at radius 1 is 1.39 bits per heavy atom. The van der Waals surface area contributed by atoms with E-state index in [1.165, 1.54) is 12.1 Å². The minimum absolute atomic E-state index is 0.0439. The van der Waals surface area contributed by atoms with Crippen molar-refractivity contribution >= 4 is 11.6 Å². The van der Waals surface area contributed by atoms with E-state index in [4.69, 9.17) is 20.8 Å². The summed E-state index contributed by atoms with van der Waals surface area (Å²) in [6, 6.07) is 6.49. The molecule has 1 aromatic heterocycles. The number of nitrogens with one attached hydrogen (secondary N) is 1. The molecule has 0 amide bonds. The molecule has 0 aliphatic heterocycles. The lowest BCUT2D eigenvalue weighted by Crippen LogP contribution is -2.07. The van der Waals surface area contributed by atoms with Crippen LogP contribution in [-0.4, -0.2) is 7.05 Å². The molecule has 0 bridgehead atoms. The Morgan fingerprint density at radius 3 is 3.00 bits per heavy atom. The molecule has 0 aliphatic carbocycles. The first kappa shape index (κ1) is 12.9. The average Bonchev–Trinajstić information content (AvgIpc) is 2.79. The molecule has 1 aromatic carbocycles. The zero-order chi connectivity index (χ0) is 13.0. The molecular weight excluding hydrogens is 257 g/mol. The van der Waals surface area contributed by atoms with Crippen LogP contribution in [0.5, 0.6) is 5.75 Å². The third-order valence-corrected chi connectivity index (χ3v) is 2.77. The highest BCUT2D eigenvalue weighted by Crippen LogP contribution is 2.25. The van der Waals surface area contributed by atoms with Gasteiger partial charge in [-0.05, 0) is 25.2 Å². The van der Waals surface area contributed by atoms with Crippen LogP contribution in [0.25, 0.3) is 0 Å². The van der Waals surface area contributed by atoms with E-state index in [0.717, 1.165) is 5.56 Å². The van der Waals surface area contributed by atoms with Crippen LogP contribution < -0.4 is 10.1 Å². The quantitative estimate of drug-likeness (QED) is 0.904. The fourth-order valence-electron chi connectivity index (χ4n) is 1.58. The molecule has 18 heavy (non-hydrogen) atoms. The van der Waals surface area contributed by atoms with E-state index >= 15 is 0 Å². The normalized spacial score (nSPS) is 10.6. The monoisotopic (exact) mass is 269 g/mol. The highest BCUT2D eigenvalue weighted by Gasteiger charge is 2.10. The molecule has 0 atom stereocenters. The van der Waals surface area contributed by atoms with Crippen molar-refractivity contribution in [3.8, 4) is 5.75 Å². The highest BCUT2D eigenvalue weighted by atomic mass is 35.5. The predicted molar refractivity (Wildman–Crippen MR) is 67.2 cm³/mol. The average molecular weight is 270 g/mol. The van der Waals surface area contributed by atoms with Gasteiger partial charge < -0.3 is 14.5 Å². The second-order valence-corrected chi connectivity index (χ2v) is 4.15. The zero-order valence-corrected chi connectivity index (χ0v) is 10.6. The summed E-state index contributed by atoms with van der Waals surface area (Å²) in [5.41, 5.74) is 0.986. The van der Waals surface area contributed by atoms with E-state index in [9.17, 15) is 4.39 Å². The topological polar surface area (TPSA) is 34.4 Å². The van der Waals surface area contributed by atoms with Gasteiger partial charge in [-0.3, -0.25) is 0 Å². The molecule has 0 radical (unpaired) electrons. The van der Waals surface area contributed by atoms with Crippen LogP contribution in [0.15, 0.2) is 34.9 Å². The van der Waals surface area contributed by atoms with E-state index in [-0.39, 0.29) is 17.4 Å². The number of rotatable bonds is 5. The van der Waals surface area contributed by atoms with Crippen molar-refractivity contribution in [3.63, 3.8) is 0 Å². The molecule has 5 heteroatoms. The molecular formula is C13H13ClFNO2. The van der Waals surface area contributed by atoms with Crippen LogP contribution in [-0.2, 0) is 13.2 Å². The van der Waals surface area contributed by atoms with Gasteiger partial charge in [-0.1, -0.05) is 17.7 Å². The predicted octanol–water partition coefficient (Wildman–Crippen LogP) is 3.37. The van der Waals surface area contributed by atoms with Gasteiger partial charge in [-0.25, -0.2) is 4.39 Å². The summed E-state index contributed by atoms with van der Waals surface area (Å²) >= 11 is 5.67.